The SMILES string of the molecule is CCOC(=O)Cc1cc(N)cc(Br)c1Br. The number of benzene rings is 1. The van der Waals surface area contributed by atoms with Crippen molar-refractivity contribution in [2.75, 3.05) is 12.3 Å². The summed E-state index contributed by atoms with van der Waals surface area (Å²) >= 11 is 6.73. The summed E-state index contributed by atoms with van der Waals surface area (Å²) in [7, 11) is 0. The van der Waals surface area contributed by atoms with E-state index in [1.165, 1.54) is 0 Å². The Morgan fingerprint density at radius 2 is 2.13 bits per heavy atom. The molecule has 0 saturated carbocycles. The zero-order chi connectivity index (χ0) is 11.4. The highest BCUT2D eigenvalue weighted by atomic mass is 79.9. The Kier molecular flexibility index (Phi) is 4.60. The highest BCUT2D eigenvalue weighted by Crippen LogP contribution is 2.29. The van der Waals surface area contributed by atoms with Gasteiger partial charge in [-0.15, -0.1) is 0 Å². The highest BCUT2D eigenvalue weighted by molar-refractivity contribution is 9.13. The van der Waals surface area contributed by atoms with Gasteiger partial charge in [0.2, 0.25) is 0 Å². The Hall–Kier alpha value is -0.550. The summed E-state index contributed by atoms with van der Waals surface area (Å²) in [6.45, 7) is 2.17. The third kappa shape index (κ3) is 3.50. The van der Waals surface area contributed by atoms with Crippen LogP contribution in [0.5, 0.6) is 0 Å². The monoisotopic (exact) mass is 335 g/mol. The van der Waals surface area contributed by atoms with E-state index in [-0.39, 0.29) is 12.4 Å². The summed E-state index contributed by atoms with van der Waals surface area (Å²) < 4.78 is 6.54. The molecule has 0 aliphatic heterocycles. The van der Waals surface area contributed by atoms with Crippen molar-refractivity contribution < 1.29 is 9.53 Å². The predicted octanol–water partition coefficient (Wildman–Crippen LogP) is 2.90. The summed E-state index contributed by atoms with van der Waals surface area (Å²) in [5.74, 6) is -0.254. The fourth-order valence-electron chi connectivity index (χ4n) is 1.17. The van der Waals surface area contributed by atoms with Crippen LogP contribution in [0.1, 0.15) is 12.5 Å². The van der Waals surface area contributed by atoms with Gasteiger partial charge in [0, 0.05) is 14.6 Å². The van der Waals surface area contributed by atoms with Crippen LogP contribution in [0.15, 0.2) is 21.1 Å². The van der Waals surface area contributed by atoms with Gasteiger partial charge in [0.25, 0.3) is 0 Å². The van der Waals surface area contributed by atoms with Crippen molar-refractivity contribution in [3.8, 4) is 0 Å². The number of hydrogen-bond acceptors (Lipinski definition) is 3. The molecule has 1 aromatic rings. The molecule has 5 heteroatoms. The molecule has 0 unspecified atom stereocenters. The summed E-state index contributed by atoms with van der Waals surface area (Å²) in [4.78, 5) is 11.3. The molecule has 0 amide bonds. The average molecular weight is 337 g/mol. The van der Waals surface area contributed by atoms with Crippen molar-refractivity contribution in [2.24, 2.45) is 0 Å². The molecule has 0 saturated heterocycles. The van der Waals surface area contributed by atoms with Crippen molar-refractivity contribution in [3.63, 3.8) is 0 Å². The molecular weight excluding hydrogens is 326 g/mol. The van der Waals surface area contributed by atoms with Crippen LogP contribution < -0.4 is 5.73 Å². The van der Waals surface area contributed by atoms with E-state index in [0.29, 0.717) is 12.3 Å². The van der Waals surface area contributed by atoms with Crippen LogP contribution in [0.25, 0.3) is 0 Å². The first-order chi connectivity index (χ1) is 7.04. The largest absolute Gasteiger partial charge is 0.466 e. The second-order valence-electron chi connectivity index (χ2n) is 2.96. The van der Waals surface area contributed by atoms with Crippen LogP contribution in [0.3, 0.4) is 0 Å². The van der Waals surface area contributed by atoms with Crippen molar-refractivity contribution in [1.82, 2.24) is 0 Å². The fraction of sp³-hybridized carbons (Fsp3) is 0.300. The van der Waals surface area contributed by atoms with Gasteiger partial charge in [-0.25, -0.2) is 0 Å². The van der Waals surface area contributed by atoms with E-state index >= 15 is 0 Å². The first-order valence-corrected chi connectivity index (χ1v) is 6.02. The minimum Gasteiger partial charge on any atom is -0.466 e. The quantitative estimate of drug-likeness (QED) is 0.682. The third-order valence-corrected chi connectivity index (χ3v) is 3.86. The first kappa shape index (κ1) is 12.5. The maximum atomic E-state index is 11.3. The van der Waals surface area contributed by atoms with Gasteiger partial charge in [0.15, 0.2) is 0 Å². The Balaban J connectivity index is 2.89. The zero-order valence-electron chi connectivity index (χ0n) is 8.22. The van der Waals surface area contributed by atoms with E-state index in [0.717, 1.165) is 14.5 Å². The van der Waals surface area contributed by atoms with Gasteiger partial charge in [0.05, 0.1) is 13.0 Å². The van der Waals surface area contributed by atoms with Crippen LogP contribution in [0.2, 0.25) is 0 Å². The molecule has 0 fully saturated rings. The number of halogens is 2. The van der Waals surface area contributed by atoms with Gasteiger partial charge in [-0.2, -0.15) is 0 Å². The molecule has 82 valence electrons. The van der Waals surface area contributed by atoms with E-state index in [1.54, 1.807) is 19.1 Å². The summed E-state index contributed by atoms with van der Waals surface area (Å²) in [5, 5.41) is 0. The van der Waals surface area contributed by atoms with Crippen LogP contribution in [0.4, 0.5) is 5.69 Å². The normalized spacial score (nSPS) is 10.1. The fourth-order valence-corrected chi connectivity index (χ4v) is 2.05. The molecule has 2 N–H and O–H groups in total. The Morgan fingerprint density at radius 1 is 1.47 bits per heavy atom. The average Bonchev–Trinajstić information content (AvgIpc) is 2.13. The molecule has 15 heavy (non-hydrogen) atoms. The Bertz CT molecular complexity index is 380. The van der Waals surface area contributed by atoms with Gasteiger partial charge >= 0.3 is 5.97 Å². The molecule has 0 spiro atoms. The molecule has 1 rings (SSSR count). The summed E-state index contributed by atoms with van der Waals surface area (Å²) in [6.07, 6.45) is 0.220. The van der Waals surface area contributed by atoms with Crippen LogP contribution >= 0.6 is 31.9 Å². The molecule has 1 aromatic carbocycles. The van der Waals surface area contributed by atoms with Crippen molar-refractivity contribution in [2.45, 2.75) is 13.3 Å². The van der Waals surface area contributed by atoms with Crippen molar-refractivity contribution >= 4 is 43.5 Å². The number of esters is 1. The van der Waals surface area contributed by atoms with E-state index in [4.69, 9.17) is 10.5 Å². The number of anilines is 1. The number of nitrogens with two attached hydrogens (primary N) is 1. The van der Waals surface area contributed by atoms with Gasteiger partial charge in [0.1, 0.15) is 0 Å². The minimum atomic E-state index is -0.254. The first-order valence-electron chi connectivity index (χ1n) is 4.43. The smallest absolute Gasteiger partial charge is 0.310 e. The summed E-state index contributed by atoms with van der Waals surface area (Å²) in [6, 6.07) is 3.53. The summed E-state index contributed by atoms with van der Waals surface area (Å²) in [5.41, 5.74) is 7.11. The lowest BCUT2D eigenvalue weighted by molar-refractivity contribution is -0.142. The number of rotatable bonds is 3. The van der Waals surface area contributed by atoms with E-state index < -0.39 is 0 Å². The van der Waals surface area contributed by atoms with Gasteiger partial charge in [-0.3, -0.25) is 4.79 Å². The Morgan fingerprint density at radius 3 is 2.73 bits per heavy atom. The van der Waals surface area contributed by atoms with E-state index in [1.807, 2.05) is 0 Å². The maximum absolute atomic E-state index is 11.3. The number of hydrogen-bond donors (Lipinski definition) is 1. The number of nitrogen functional groups attached to an aromatic ring is 1. The number of ether oxygens (including phenoxy) is 1. The molecule has 0 bridgehead atoms. The standard InChI is InChI=1S/C10H11Br2NO2/c1-2-15-9(14)4-6-3-7(13)5-8(11)10(6)12/h3,5H,2,4,13H2,1H3. The lowest BCUT2D eigenvalue weighted by Gasteiger charge is -2.07. The molecule has 0 atom stereocenters. The maximum Gasteiger partial charge on any atom is 0.310 e. The number of carbonyl (C=O) groups excluding carboxylic acids is 1. The van der Waals surface area contributed by atoms with Gasteiger partial charge in [-0.1, -0.05) is 0 Å². The molecule has 0 aliphatic carbocycles. The molecule has 0 aromatic heterocycles. The molecule has 0 heterocycles. The second-order valence-corrected chi connectivity index (χ2v) is 4.60. The van der Waals surface area contributed by atoms with Crippen LogP contribution in [-0.4, -0.2) is 12.6 Å². The van der Waals surface area contributed by atoms with Gasteiger partial charge in [-0.05, 0) is 56.5 Å². The topological polar surface area (TPSA) is 52.3 Å². The van der Waals surface area contributed by atoms with Crippen molar-refractivity contribution in [3.05, 3.63) is 26.6 Å². The highest BCUT2D eigenvalue weighted by Gasteiger charge is 2.10. The lowest BCUT2D eigenvalue weighted by atomic mass is 10.1. The van der Waals surface area contributed by atoms with Crippen LogP contribution in [0, 0.1) is 0 Å². The number of carbonyl (C=O) groups is 1. The second kappa shape index (κ2) is 5.51. The minimum absolute atomic E-state index is 0.220. The molecule has 3 nitrogen and oxygen atoms in total. The van der Waals surface area contributed by atoms with E-state index in [2.05, 4.69) is 31.9 Å². The van der Waals surface area contributed by atoms with Crippen LogP contribution in [-0.2, 0) is 16.0 Å². The zero-order valence-corrected chi connectivity index (χ0v) is 11.4. The van der Waals surface area contributed by atoms with E-state index in [9.17, 15) is 4.79 Å². The lowest BCUT2D eigenvalue weighted by Crippen LogP contribution is -2.08. The third-order valence-electron chi connectivity index (χ3n) is 1.77. The molecule has 0 radical (unpaired) electrons. The molecule has 0 aliphatic rings. The Labute approximate surface area is 105 Å². The molecular formula is C10H11Br2NO2. The predicted molar refractivity (Wildman–Crippen MR) is 66.6 cm³/mol. The van der Waals surface area contributed by atoms with Crippen molar-refractivity contribution in [1.29, 1.82) is 0 Å². The van der Waals surface area contributed by atoms with Gasteiger partial charge < -0.3 is 10.5 Å².